The molecule has 0 radical (unpaired) electrons. The Kier molecular flexibility index (Phi) is 6.50. The third-order valence-corrected chi connectivity index (χ3v) is 2.90. The third kappa shape index (κ3) is 6.34. The Balaban J connectivity index is 2.19. The predicted molar refractivity (Wildman–Crippen MR) is 75.4 cm³/mol. The van der Waals surface area contributed by atoms with Crippen LogP contribution in [0.4, 0.5) is 4.39 Å². The van der Waals surface area contributed by atoms with Gasteiger partial charge in [0.2, 0.25) is 5.91 Å². The first-order valence-corrected chi connectivity index (χ1v) is 6.74. The molecule has 2 N–H and O–H groups in total. The number of amides is 1. The third-order valence-electron chi connectivity index (χ3n) is 2.90. The molecule has 1 aromatic rings. The summed E-state index contributed by atoms with van der Waals surface area (Å²) in [6, 6.07) is 6.85. The van der Waals surface area contributed by atoms with Crippen LogP contribution in [0.3, 0.4) is 0 Å². The van der Waals surface area contributed by atoms with E-state index in [1.807, 2.05) is 13.8 Å². The molecular weight excluding hydrogens is 243 g/mol. The molecule has 1 atom stereocenters. The molecule has 1 unspecified atom stereocenters. The number of halogens is 1. The average Bonchev–Trinajstić information content (AvgIpc) is 2.37. The van der Waals surface area contributed by atoms with Gasteiger partial charge in [0.05, 0.1) is 0 Å². The van der Waals surface area contributed by atoms with Gasteiger partial charge in [-0.3, -0.25) is 4.79 Å². The highest BCUT2D eigenvalue weighted by atomic mass is 19.1. The minimum absolute atomic E-state index is 0.0247. The molecule has 4 heteroatoms. The summed E-state index contributed by atoms with van der Waals surface area (Å²) in [6.45, 7) is 7.19. The fraction of sp³-hybridized carbons (Fsp3) is 0.533. The largest absolute Gasteiger partial charge is 0.355 e. The van der Waals surface area contributed by atoms with Crippen LogP contribution in [0.15, 0.2) is 24.3 Å². The second kappa shape index (κ2) is 7.89. The maximum Gasteiger partial charge on any atom is 0.222 e. The molecule has 0 spiro atoms. The number of carbonyl (C=O) groups is 1. The first-order chi connectivity index (χ1) is 8.99. The Morgan fingerprint density at radius 1 is 1.16 bits per heavy atom. The van der Waals surface area contributed by atoms with Crippen molar-refractivity contribution in [2.45, 2.75) is 33.2 Å². The van der Waals surface area contributed by atoms with Crippen LogP contribution in [0.2, 0.25) is 0 Å². The van der Waals surface area contributed by atoms with E-state index < -0.39 is 0 Å². The van der Waals surface area contributed by atoms with E-state index in [0.29, 0.717) is 12.6 Å². The van der Waals surface area contributed by atoms with Crippen molar-refractivity contribution in [1.82, 2.24) is 10.6 Å². The van der Waals surface area contributed by atoms with Crippen LogP contribution < -0.4 is 10.6 Å². The summed E-state index contributed by atoms with van der Waals surface area (Å²) in [5, 5.41) is 6.19. The van der Waals surface area contributed by atoms with Crippen LogP contribution in [0.25, 0.3) is 0 Å². The van der Waals surface area contributed by atoms with Gasteiger partial charge in [-0.25, -0.2) is 4.39 Å². The fourth-order valence-electron chi connectivity index (χ4n) is 1.75. The summed E-state index contributed by atoms with van der Waals surface area (Å²) in [5.41, 5.74) is 1.10. The number of rotatable bonds is 7. The van der Waals surface area contributed by atoms with Gasteiger partial charge < -0.3 is 10.6 Å². The van der Waals surface area contributed by atoms with Crippen molar-refractivity contribution >= 4 is 5.91 Å². The summed E-state index contributed by atoms with van der Waals surface area (Å²) < 4.78 is 12.8. The number of benzene rings is 1. The van der Waals surface area contributed by atoms with Crippen molar-refractivity contribution in [1.29, 1.82) is 0 Å². The maximum absolute atomic E-state index is 12.8. The molecule has 0 heterocycles. The summed E-state index contributed by atoms with van der Waals surface area (Å²) in [7, 11) is 0. The summed E-state index contributed by atoms with van der Waals surface area (Å²) in [5.74, 6) is -0.106. The highest BCUT2D eigenvalue weighted by molar-refractivity contribution is 5.77. The smallest absolute Gasteiger partial charge is 0.222 e. The van der Waals surface area contributed by atoms with Gasteiger partial charge >= 0.3 is 0 Å². The molecule has 106 valence electrons. The van der Waals surface area contributed by atoms with E-state index in [0.717, 1.165) is 18.5 Å². The Bertz CT molecular complexity index is 390. The lowest BCUT2D eigenvalue weighted by molar-refractivity contribution is -0.123. The SMILES string of the molecule is CC(Cc1ccc(F)cc1)NCCNC(=O)C(C)C. The summed E-state index contributed by atoms with van der Waals surface area (Å²) in [4.78, 5) is 11.3. The van der Waals surface area contributed by atoms with E-state index in [1.54, 1.807) is 12.1 Å². The number of hydrogen-bond donors (Lipinski definition) is 2. The minimum atomic E-state index is -0.208. The zero-order valence-electron chi connectivity index (χ0n) is 11.9. The molecule has 0 saturated carbocycles. The second-order valence-corrected chi connectivity index (χ2v) is 5.13. The minimum Gasteiger partial charge on any atom is -0.355 e. The zero-order chi connectivity index (χ0) is 14.3. The molecule has 0 saturated heterocycles. The second-order valence-electron chi connectivity index (χ2n) is 5.13. The van der Waals surface area contributed by atoms with Gasteiger partial charge in [0.15, 0.2) is 0 Å². The predicted octanol–water partition coefficient (Wildman–Crippen LogP) is 2.12. The number of carbonyl (C=O) groups excluding carboxylic acids is 1. The normalized spacial score (nSPS) is 12.5. The molecule has 3 nitrogen and oxygen atoms in total. The monoisotopic (exact) mass is 266 g/mol. The van der Waals surface area contributed by atoms with E-state index in [2.05, 4.69) is 17.6 Å². The summed E-state index contributed by atoms with van der Waals surface area (Å²) >= 11 is 0. The molecule has 0 aliphatic carbocycles. The van der Waals surface area contributed by atoms with E-state index in [-0.39, 0.29) is 17.6 Å². The van der Waals surface area contributed by atoms with Gasteiger partial charge in [-0.2, -0.15) is 0 Å². The van der Waals surface area contributed by atoms with E-state index >= 15 is 0 Å². The maximum atomic E-state index is 12.8. The lowest BCUT2D eigenvalue weighted by atomic mass is 10.1. The van der Waals surface area contributed by atoms with Crippen molar-refractivity contribution < 1.29 is 9.18 Å². The highest BCUT2D eigenvalue weighted by Crippen LogP contribution is 2.05. The quantitative estimate of drug-likeness (QED) is 0.742. The van der Waals surface area contributed by atoms with Gasteiger partial charge in [0.1, 0.15) is 5.82 Å². The lowest BCUT2D eigenvalue weighted by Gasteiger charge is -2.14. The Morgan fingerprint density at radius 2 is 1.79 bits per heavy atom. The van der Waals surface area contributed by atoms with Crippen molar-refractivity contribution in [2.24, 2.45) is 5.92 Å². The standard InChI is InChI=1S/C15H23FN2O/c1-11(2)15(19)18-9-8-17-12(3)10-13-4-6-14(16)7-5-13/h4-7,11-12,17H,8-10H2,1-3H3,(H,18,19). The van der Waals surface area contributed by atoms with Crippen LogP contribution >= 0.6 is 0 Å². The van der Waals surface area contributed by atoms with E-state index in [9.17, 15) is 9.18 Å². The van der Waals surface area contributed by atoms with Crippen molar-refractivity contribution in [3.05, 3.63) is 35.6 Å². The van der Waals surface area contributed by atoms with Crippen molar-refractivity contribution in [3.63, 3.8) is 0 Å². The molecule has 0 fully saturated rings. The molecule has 0 aliphatic rings. The Hall–Kier alpha value is -1.42. The topological polar surface area (TPSA) is 41.1 Å². The van der Waals surface area contributed by atoms with Crippen LogP contribution in [-0.2, 0) is 11.2 Å². The molecule has 1 aromatic carbocycles. The van der Waals surface area contributed by atoms with Gasteiger partial charge in [-0.05, 0) is 31.0 Å². The van der Waals surface area contributed by atoms with E-state index in [4.69, 9.17) is 0 Å². The average molecular weight is 266 g/mol. The molecule has 0 aromatic heterocycles. The van der Waals surface area contributed by atoms with Crippen LogP contribution in [-0.4, -0.2) is 25.0 Å². The zero-order valence-corrected chi connectivity index (χ0v) is 11.9. The van der Waals surface area contributed by atoms with Crippen LogP contribution in [0.5, 0.6) is 0 Å². The molecule has 0 aliphatic heterocycles. The van der Waals surface area contributed by atoms with Crippen molar-refractivity contribution in [3.8, 4) is 0 Å². The molecular formula is C15H23FN2O. The first kappa shape index (κ1) is 15.6. The summed E-state index contributed by atoms with van der Waals surface area (Å²) in [6.07, 6.45) is 0.846. The molecule has 1 rings (SSSR count). The van der Waals surface area contributed by atoms with E-state index in [1.165, 1.54) is 12.1 Å². The molecule has 19 heavy (non-hydrogen) atoms. The number of hydrogen-bond acceptors (Lipinski definition) is 2. The van der Waals surface area contributed by atoms with Gasteiger partial charge in [0.25, 0.3) is 0 Å². The van der Waals surface area contributed by atoms with Crippen LogP contribution in [0.1, 0.15) is 26.3 Å². The molecule has 1 amide bonds. The van der Waals surface area contributed by atoms with Gasteiger partial charge in [0, 0.05) is 25.0 Å². The lowest BCUT2D eigenvalue weighted by Crippen LogP contribution is -2.37. The first-order valence-electron chi connectivity index (χ1n) is 6.74. The van der Waals surface area contributed by atoms with Gasteiger partial charge in [-0.15, -0.1) is 0 Å². The number of nitrogens with one attached hydrogen (secondary N) is 2. The Morgan fingerprint density at radius 3 is 2.37 bits per heavy atom. The van der Waals surface area contributed by atoms with Gasteiger partial charge in [-0.1, -0.05) is 26.0 Å². The fourth-order valence-corrected chi connectivity index (χ4v) is 1.75. The highest BCUT2D eigenvalue weighted by Gasteiger charge is 2.06. The molecule has 0 bridgehead atoms. The Labute approximate surface area is 114 Å². The van der Waals surface area contributed by atoms with Crippen molar-refractivity contribution in [2.75, 3.05) is 13.1 Å². The van der Waals surface area contributed by atoms with Crippen LogP contribution in [0, 0.1) is 11.7 Å².